The number of nitrogens with zero attached hydrogens (tertiary/aromatic N) is 5. The van der Waals surface area contributed by atoms with Crippen LogP contribution in [-0.4, -0.2) is 51.5 Å². The lowest BCUT2D eigenvalue weighted by atomic mass is 9.97. The predicted molar refractivity (Wildman–Crippen MR) is 143 cm³/mol. The summed E-state index contributed by atoms with van der Waals surface area (Å²) in [5, 5.41) is 8.92. The van der Waals surface area contributed by atoms with Crippen molar-refractivity contribution >= 4 is 22.9 Å². The molecule has 1 N–H and O–H groups in total. The zero-order valence-corrected chi connectivity index (χ0v) is 21.2. The number of imidazole rings is 1. The number of methoxy groups -OCH3 is 2. The molecular weight excluding hydrogens is 476 g/mol. The molecule has 0 fully saturated rings. The van der Waals surface area contributed by atoms with E-state index in [2.05, 4.69) is 22.4 Å². The van der Waals surface area contributed by atoms with Crippen LogP contribution < -0.4 is 10.1 Å². The monoisotopic (exact) mass is 502 g/mol. The van der Waals surface area contributed by atoms with Crippen LogP contribution in [0.25, 0.3) is 39.4 Å². The van der Waals surface area contributed by atoms with Gasteiger partial charge in [-0.2, -0.15) is 0 Å². The minimum absolute atomic E-state index is 0.516. The van der Waals surface area contributed by atoms with Gasteiger partial charge in [-0.15, -0.1) is 5.10 Å². The van der Waals surface area contributed by atoms with Crippen molar-refractivity contribution in [2.45, 2.75) is 6.42 Å². The van der Waals surface area contributed by atoms with Gasteiger partial charge in [0.2, 0.25) is 5.82 Å². The summed E-state index contributed by atoms with van der Waals surface area (Å²) in [5.74, 6) is 2.51. The summed E-state index contributed by atoms with van der Waals surface area (Å²) in [7, 11) is 5.24. The molecule has 0 saturated heterocycles. The summed E-state index contributed by atoms with van der Waals surface area (Å²) < 4.78 is 14.5. The molecular formula is C27H27ClN6O2. The fourth-order valence-electron chi connectivity index (χ4n) is 4.28. The molecule has 0 atom stereocenters. The maximum Gasteiger partial charge on any atom is 0.218 e. The zero-order valence-electron chi connectivity index (χ0n) is 20.4. The number of ether oxygens (including phenoxy) is 2. The average Bonchev–Trinajstić information content (AvgIpc) is 3.50. The molecule has 3 heterocycles. The van der Waals surface area contributed by atoms with E-state index >= 15 is 0 Å². The Bertz CT molecular complexity index is 1500. The van der Waals surface area contributed by atoms with E-state index in [4.69, 9.17) is 31.2 Å². The highest BCUT2D eigenvalue weighted by molar-refractivity contribution is 6.35. The number of benzene rings is 2. The Labute approximate surface area is 214 Å². The number of hydrogen-bond donors (Lipinski definition) is 1. The minimum atomic E-state index is 0.516. The number of rotatable bonds is 9. The molecule has 0 saturated carbocycles. The molecule has 0 aliphatic rings. The summed E-state index contributed by atoms with van der Waals surface area (Å²) >= 11 is 6.81. The summed E-state index contributed by atoms with van der Waals surface area (Å²) in [6.07, 6.45) is 6.44. The number of fused-ring (bicyclic) bond motifs is 1. The molecule has 184 valence electrons. The second-order valence-electron chi connectivity index (χ2n) is 8.32. The lowest BCUT2D eigenvalue weighted by Gasteiger charge is -2.13. The number of anilines is 1. The van der Waals surface area contributed by atoms with E-state index in [9.17, 15) is 0 Å². The first-order valence-corrected chi connectivity index (χ1v) is 12.0. The topological polar surface area (TPSA) is 78.5 Å². The van der Waals surface area contributed by atoms with E-state index in [1.54, 1.807) is 20.4 Å². The first kappa shape index (κ1) is 23.8. The van der Waals surface area contributed by atoms with Gasteiger partial charge in [0.15, 0.2) is 11.6 Å². The Kier molecular flexibility index (Phi) is 6.88. The van der Waals surface area contributed by atoms with Crippen LogP contribution in [0.1, 0.15) is 6.42 Å². The number of aryl methyl sites for hydroxylation is 1. The van der Waals surface area contributed by atoms with Crippen LogP contribution in [0.4, 0.5) is 5.82 Å². The van der Waals surface area contributed by atoms with Crippen LogP contribution in [-0.2, 0) is 11.8 Å². The van der Waals surface area contributed by atoms with Crippen molar-refractivity contribution in [1.29, 1.82) is 0 Å². The molecule has 8 nitrogen and oxygen atoms in total. The maximum atomic E-state index is 6.81. The standard InChI is InChI=1S/C27H27ClN6O2/c1-33-15-14-30-27(33)26-31-25(29-13-8-16-35-2)24-22(18-9-5-4-6-10-18)20(17-34(24)32-26)19-11-7-12-21(36-3)23(19)28/h4-7,9-12,14-15,17H,8,13,16H2,1-3H3,(H,29,31,32). The minimum Gasteiger partial charge on any atom is -0.495 e. The summed E-state index contributed by atoms with van der Waals surface area (Å²) in [5.41, 5.74) is 4.64. The maximum absolute atomic E-state index is 6.81. The Morgan fingerprint density at radius 2 is 1.86 bits per heavy atom. The zero-order chi connectivity index (χ0) is 25.1. The van der Waals surface area contributed by atoms with Gasteiger partial charge in [-0.25, -0.2) is 14.5 Å². The fraction of sp³-hybridized carbons (Fsp3) is 0.222. The third-order valence-electron chi connectivity index (χ3n) is 6.01. The first-order chi connectivity index (χ1) is 17.6. The lowest BCUT2D eigenvalue weighted by molar-refractivity contribution is 0.198. The molecule has 2 aromatic carbocycles. The Balaban J connectivity index is 1.80. The summed E-state index contributed by atoms with van der Waals surface area (Å²) in [6.45, 7) is 1.34. The molecule has 0 amide bonds. The smallest absolute Gasteiger partial charge is 0.218 e. The van der Waals surface area contributed by atoms with Crippen LogP contribution >= 0.6 is 11.6 Å². The number of hydrogen-bond acceptors (Lipinski definition) is 6. The van der Waals surface area contributed by atoms with Crippen LogP contribution in [0.5, 0.6) is 5.75 Å². The number of nitrogens with one attached hydrogen (secondary N) is 1. The van der Waals surface area contributed by atoms with Crippen LogP contribution in [0.15, 0.2) is 67.1 Å². The van der Waals surface area contributed by atoms with E-state index in [1.165, 1.54) is 0 Å². The Hall–Kier alpha value is -3.88. The van der Waals surface area contributed by atoms with E-state index in [0.717, 1.165) is 34.2 Å². The molecule has 36 heavy (non-hydrogen) atoms. The largest absolute Gasteiger partial charge is 0.495 e. The van der Waals surface area contributed by atoms with Crippen molar-refractivity contribution in [2.24, 2.45) is 7.05 Å². The third-order valence-corrected chi connectivity index (χ3v) is 6.40. The molecule has 0 radical (unpaired) electrons. The number of aromatic nitrogens is 5. The second kappa shape index (κ2) is 10.4. The van der Waals surface area contributed by atoms with Gasteiger partial charge in [0, 0.05) is 62.6 Å². The molecule has 3 aromatic heterocycles. The molecule has 5 aromatic rings. The molecule has 0 spiro atoms. The van der Waals surface area contributed by atoms with Crippen molar-refractivity contribution in [2.75, 3.05) is 32.7 Å². The van der Waals surface area contributed by atoms with E-state index in [0.29, 0.717) is 41.4 Å². The highest BCUT2D eigenvalue weighted by atomic mass is 35.5. The lowest BCUT2D eigenvalue weighted by Crippen LogP contribution is -2.10. The normalized spacial score (nSPS) is 11.2. The van der Waals surface area contributed by atoms with Crippen LogP contribution in [0, 0.1) is 0 Å². The number of halogens is 1. The van der Waals surface area contributed by atoms with Crippen molar-refractivity contribution in [3.63, 3.8) is 0 Å². The van der Waals surface area contributed by atoms with Crippen molar-refractivity contribution in [1.82, 2.24) is 24.1 Å². The summed E-state index contributed by atoms with van der Waals surface area (Å²) in [4.78, 5) is 9.39. The molecule has 0 unspecified atom stereocenters. The quantitative estimate of drug-likeness (QED) is 0.265. The Morgan fingerprint density at radius 3 is 2.58 bits per heavy atom. The molecule has 0 bridgehead atoms. The highest BCUT2D eigenvalue weighted by Crippen LogP contribution is 2.44. The fourth-order valence-corrected chi connectivity index (χ4v) is 4.59. The molecule has 0 aliphatic carbocycles. The van der Waals surface area contributed by atoms with Crippen molar-refractivity contribution in [3.05, 3.63) is 72.1 Å². The average molecular weight is 503 g/mol. The van der Waals surface area contributed by atoms with Gasteiger partial charge >= 0.3 is 0 Å². The second-order valence-corrected chi connectivity index (χ2v) is 8.70. The van der Waals surface area contributed by atoms with Gasteiger partial charge in [-0.3, -0.25) is 0 Å². The van der Waals surface area contributed by atoms with Gasteiger partial charge in [-0.05, 0) is 18.1 Å². The van der Waals surface area contributed by atoms with E-state index in [-0.39, 0.29) is 0 Å². The molecule has 5 rings (SSSR count). The Morgan fingerprint density at radius 1 is 1.03 bits per heavy atom. The van der Waals surface area contributed by atoms with E-state index in [1.807, 2.05) is 64.9 Å². The van der Waals surface area contributed by atoms with Gasteiger partial charge in [0.25, 0.3) is 0 Å². The molecule has 0 aliphatic heterocycles. The summed E-state index contributed by atoms with van der Waals surface area (Å²) in [6, 6.07) is 16.0. The SMILES string of the molecule is COCCCNc1nc(-c2nccn2C)nn2cc(-c3cccc(OC)c3Cl)c(-c3ccccc3)c12. The van der Waals surface area contributed by atoms with Gasteiger partial charge in [0.1, 0.15) is 11.3 Å². The van der Waals surface area contributed by atoms with E-state index < -0.39 is 0 Å². The van der Waals surface area contributed by atoms with Crippen molar-refractivity contribution in [3.8, 4) is 39.7 Å². The van der Waals surface area contributed by atoms with Crippen LogP contribution in [0.2, 0.25) is 5.02 Å². The van der Waals surface area contributed by atoms with Crippen molar-refractivity contribution < 1.29 is 9.47 Å². The highest BCUT2D eigenvalue weighted by Gasteiger charge is 2.23. The first-order valence-electron chi connectivity index (χ1n) is 11.6. The molecule has 9 heteroatoms. The third kappa shape index (κ3) is 4.41. The van der Waals surface area contributed by atoms with Crippen LogP contribution in [0.3, 0.4) is 0 Å². The van der Waals surface area contributed by atoms with Gasteiger partial charge < -0.3 is 19.4 Å². The van der Waals surface area contributed by atoms with Gasteiger partial charge in [-0.1, -0.05) is 54.1 Å². The van der Waals surface area contributed by atoms with Gasteiger partial charge in [0.05, 0.1) is 12.1 Å². The predicted octanol–water partition coefficient (Wildman–Crippen LogP) is 5.57.